The van der Waals surface area contributed by atoms with Crippen molar-refractivity contribution in [2.75, 3.05) is 11.9 Å². The molecule has 1 unspecified atom stereocenters. The third-order valence-corrected chi connectivity index (χ3v) is 8.03. The van der Waals surface area contributed by atoms with E-state index in [1.54, 1.807) is 7.05 Å². The molecular weight excluding hydrogens is 521 g/mol. The number of nitrogens with zero attached hydrogens (tertiary/aromatic N) is 3. The summed E-state index contributed by atoms with van der Waals surface area (Å²) >= 11 is 6.31. The molecule has 0 aliphatic carbocycles. The first-order chi connectivity index (χ1) is 18.7. The first kappa shape index (κ1) is 32.5. The molecule has 1 heterocycles. The summed E-state index contributed by atoms with van der Waals surface area (Å²) in [5.74, 6) is 1.94. The summed E-state index contributed by atoms with van der Waals surface area (Å²) in [5, 5.41) is 1.08. The third-order valence-electron chi connectivity index (χ3n) is 6.57. The van der Waals surface area contributed by atoms with Gasteiger partial charge in [-0.15, -0.1) is 0 Å². The summed E-state index contributed by atoms with van der Waals surface area (Å²) < 4.78 is 5.70. The summed E-state index contributed by atoms with van der Waals surface area (Å²) in [6, 6.07) is 6.45. The summed E-state index contributed by atoms with van der Waals surface area (Å²) in [5.41, 5.74) is 6.78. The van der Waals surface area contributed by atoms with Crippen molar-refractivity contribution in [1.82, 2.24) is 0 Å². The van der Waals surface area contributed by atoms with Crippen LogP contribution in [0.25, 0.3) is 0 Å². The minimum absolute atomic E-state index is 0.259. The molecule has 0 radical (unpaired) electrons. The van der Waals surface area contributed by atoms with Gasteiger partial charge in [-0.2, -0.15) is 0 Å². The van der Waals surface area contributed by atoms with Gasteiger partial charge in [0.1, 0.15) is 17.7 Å². The van der Waals surface area contributed by atoms with Crippen LogP contribution < -0.4 is 4.90 Å². The van der Waals surface area contributed by atoms with Crippen LogP contribution in [-0.2, 0) is 17.1 Å². The number of allylic oxidation sites excluding steroid dienone is 7. The molecule has 0 N–H and O–H groups in total. The molecule has 0 spiro atoms. The van der Waals surface area contributed by atoms with Crippen LogP contribution in [0.1, 0.15) is 71.4 Å². The Bertz CT molecular complexity index is 1180. The molecule has 1 aromatic rings. The topological polar surface area (TPSA) is 37.2 Å². The molecule has 0 amide bonds. The minimum Gasteiger partial charge on any atom is -0.365 e. The van der Waals surface area contributed by atoms with Crippen molar-refractivity contribution in [3.8, 4) is 0 Å². The number of halogens is 1. The molecule has 0 fully saturated rings. The number of anilines is 1. The maximum absolute atomic E-state index is 6.31. The van der Waals surface area contributed by atoms with Gasteiger partial charge in [-0.05, 0) is 70.0 Å². The molecule has 4 nitrogen and oxygen atoms in total. The number of hydrogen-bond acceptors (Lipinski definition) is 4. The molecule has 2 rings (SSSR count). The summed E-state index contributed by atoms with van der Waals surface area (Å²) in [6.07, 6.45) is 13.2. The molecule has 0 saturated heterocycles. The zero-order valence-corrected chi connectivity index (χ0v) is 26.4. The van der Waals surface area contributed by atoms with Crippen LogP contribution in [0.4, 0.5) is 5.69 Å². The fraction of sp³-hybridized carbons (Fsp3) is 0.394. The Labute approximate surface area is 243 Å². The largest absolute Gasteiger partial charge is 0.365 e. The van der Waals surface area contributed by atoms with Crippen molar-refractivity contribution in [3.05, 3.63) is 101 Å². The number of para-hydroxylation sites is 1. The van der Waals surface area contributed by atoms with E-state index in [9.17, 15) is 0 Å². The molecular formula is C33H45ClN3OP. The Morgan fingerprint density at radius 1 is 1.15 bits per heavy atom. The lowest BCUT2D eigenvalue weighted by Crippen LogP contribution is -2.37. The SMILES string of the molecule is C=C(/C=C\C=C/C)CCC(=C)PC(=NC)C1=C(OCl)N(c2c(CC)cccc2CC)C(CCC(C)C)=NC1=C. The lowest BCUT2D eigenvalue weighted by molar-refractivity contribution is 0.456. The van der Waals surface area contributed by atoms with Gasteiger partial charge >= 0.3 is 0 Å². The molecule has 1 aliphatic heterocycles. The van der Waals surface area contributed by atoms with Crippen LogP contribution in [0.5, 0.6) is 0 Å². The highest BCUT2D eigenvalue weighted by Crippen LogP contribution is 2.42. The van der Waals surface area contributed by atoms with Gasteiger partial charge in [0.05, 0.1) is 22.4 Å². The number of hydrogen-bond donors (Lipinski definition) is 0. The lowest BCUT2D eigenvalue weighted by atomic mass is 9.99. The van der Waals surface area contributed by atoms with Crippen molar-refractivity contribution in [2.45, 2.75) is 73.1 Å². The first-order valence-corrected chi connectivity index (χ1v) is 15.1. The first-order valence-electron chi connectivity index (χ1n) is 13.8. The maximum atomic E-state index is 6.31. The van der Waals surface area contributed by atoms with Gasteiger partial charge in [-0.1, -0.05) is 95.5 Å². The third kappa shape index (κ3) is 8.92. The molecule has 0 aromatic heterocycles. The van der Waals surface area contributed by atoms with Gasteiger partial charge < -0.3 is 4.29 Å². The lowest BCUT2D eigenvalue weighted by Gasteiger charge is -2.35. The highest BCUT2D eigenvalue weighted by molar-refractivity contribution is 7.63. The second-order valence-electron chi connectivity index (χ2n) is 9.98. The Hall–Kier alpha value is -2.68. The minimum atomic E-state index is 0.259. The fourth-order valence-electron chi connectivity index (χ4n) is 4.40. The van der Waals surface area contributed by atoms with Gasteiger partial charge in [0.25, 0.3) is 0 Å². The summed E-state index contributed by atoms with van der Waals surface area (Å²) in [7, 11) is 2.05. The van der Waals surface area contributed by atoms with E-state index in [1.165, 1.54) is 11.1 Å². The van der Waals surface area contributed by atoms with E-state index in [2.05, 4.69) is 75.5 Å². The average molecular weight is 566 g/mol. The van der Waals surface area contributed by atoms with Crippen LogP contribution in [0.2, 0.25) is 0 Å². The van der Waals surface area contributed by atoms with E-state index in [1.807, 2.05) is 31.2 Å². The molecule has 1 aromatic carbocycles. The number of amidine groups is 1. The Morgan fingerprint density at radius 3 is 2.36 bits per heavy atom. The number of aryl methyl sites for hydroxylation is 2. The zero-order valence-electron chi connectivity index (χ0n) is 24.6. The maximum Gasteiger partial charge on any atom is 0.235 e. The highest BCUT2D eigenvalue weighted by Gasteiger charge is 2.34. The molecule has 1 atom stereocenters. The van der Waals surface area contributed by atoms with Crippen molar-refractivity contribution in [3.63, 3.8) is 0 Å². The number of benzene rings is 1. The fourth-order valence-corrected chi connectivity index (χ4v) is 5.62. The van der Waals surface area contributed by atoms with Crippen LogP contribution in [0, 0.1) is 5.92 Å². The van der Waals surface area contributed by atoms with Crippen LogP contribution in [0.3, 0.4) is 0 Å². The monoisotopic (exact) mass is 565 g/mol. The summed E-state index contributed by atoms with van der Waals surface area (Å²) in [4.78, 5) is 11.8. The van der Waals surface area contributed by atoms with E-state index < -0.39 is 0 Å². The van der Waals surface area contributed by atoms with Gasteiger partial charge in [-0.3, -0.25) is 9.89 Å². The second kappa shape index (κ2) is 16.4. The normalized spacial score (nSPS) is 15.0. The Morgan fingerprint density at radius 2 is 1.82 bits per heavy atom. The van der Waals surface area contributed by atoms with Gasteiger partial charge in [-0.25, -0.2) is 4.99 Å². The zero-order chi connectivity index (χ0) is 28.9. The molecule has 1 aliphatic rings. The number of aliphatic imine (C=N–C) groups is 2. The van der Waals surface area contributed by atoms with Crippen LogP contribution >= 0.6 is 20.4 Å². The molecule has 0 saturated carbocycles. The van der Waals surface area contributed by atoms with E-state index >= 15 is 0 Å². The standard InChI is InChI=1S/C33H45ClN3OP/c1-10-13-14-16-24(6)20-21-25(7)39-32(35-9)30-26(8)36-29(22-19-23(4)5)37(33(30)38-34)31-27(11-2)17-15-18-28(31)12-3/h10,13-18,23,39H,6-8,11-12,19-22H2,1-5,9H3/b13-10-,16-14-,35-32?. The Kier molecular flexibility index (Phi) is 13.7. The predicted molar refractivity (Wildman–Crippen MR) is 175 cm³/mol. The summed E-state index contributed by atoms with van der Waals surface area (Å²) in [6.45, 7) is 23.6. The van der Waals surface area contributed by atoms with Gasteiger partial charge in [0.15, 0.2) is 0 Å². The van der Waals surface area contributed by atoms with Gasteiger partial charge in [0.2, 0.25) is 5.88 Å². The molecule has 6 heteroatoms. The van der Waals surface area contributed by atoms with Crippen molar-refractivity contribution in [1.29, 1.82) is 0 Å². The second-order valence-corrected chi connectivity index (χ2v) is 11.6. The predicted octanol–water partition coefficient (Wildman–Crippen LogP) is 10.1. The van der Waals surface area contributed by atoms with Crippen molar-refractivity contribution >= 4 is 37.4 Å². The van der Waals surface area contributed by atoms with Crippen molar-refractivity contribution < 1.29 is 4.29 Å². The van der Waals surface area contributed by atoms with E-state index in [-0.39, 0.29) is 8.58 Å². The van der Waals surface area contributed by atoms with Crippen LogP contribution in [0.15, 0.2) is 100 Å². The smallest absolute Gasteiger partial charge is 0.235 e. The van der Waals surface area contributed by atoms with Crippen LogP contribution in [-0.4, -0.2) is 18.3 Å². The molecule has 210 valence electrons. The van der Waals surface area contributed by atoms with E-state index in [4.69, 9.17) is 21.1 Å². The molecule has 39 heavy (non-hydrogen) atoms. The van der Waals surface area contributed by atoms with E-state index in [0.29, 0.717) is 17.5 Å². The molecule has 0 bridgehead atoms. The highest BCUT2D eigenvalue weighted by atomic mass is 35.5. The number of rotatable bonds is 15. The average Bonchev–Trinajstić information content (AvgIpc) is 2.93. The quantitative estimate of drug-likeness (QED) is 0.120. The van der Waals surface area contributed by atoms with Crippen molar-refractivity contribution in [2.24, 2.45) is 15.9 Å². The Balaban J connectivity index is 2.53. The van der Waals surface area contributed by atoms with Gasteiger partial charge in [0, 0.05) is 13.5 Å². The van der Waals surface area contributed by atoms with E-state index in [0.717, 1.165) is 72.0 Å².